The second kappa shape index (κ2) is 48.3. The molecule has 39 heteroatoms. The molecule has 4 fully saturated rings. The van der Waals surface area contributed by atoms with E-state index in [2.05, 4.69) is 0 Å². The number of carbonyl (C=O) groups is 14. The third-order valence-corrected chi connectivity index (χ3v) is 22.7. The Morgan fingerprint density at radius 2 is 0.426 bits per heavy atom. The fourth-order valence-corrected chi connectivity index (χ4v) is 16.1. The van der Waals surface area contributed by atoms with Crippen LogP contribution in [0.2, 0.25) is 0 Å². The van der Waals surface area contributed by atoms with Gasteiger partial charge in [0.1, 0.15) is 50.3 Å². The summed E-state index contributed by atoms with van der Waals surface area (Å²) in [5.74, 6) is -16.5. The van der Waals surface area contributed by atoms with Crippen molar-refractivity contribution in [1.82, 2.24) is 0 Å². The van der Waals surface area contributed by atoms with E-state index in [1.54, 1.807) is 42.5 Å². The van der Waals surface area contributed by atoms with Gasteiger partial charge in [0.25, 0.3) is 0 Å². The number of rotatable bonds is 36. The number of benzene rings is 10. The van der Waals surface area contributed by atoms with Crippen LogP contribution in [0.25, 0.3) is 0 Å². The van der Waals surface area contributed by atoms with Crippen molar-refractivity contribution < 1.29 is 180 Å². The van der Waals surface area contributed by atoms with E-state index in [0.29, 0.717) is 0 Å². The van der Waals surface area contributed by atoms with E-state index in [9.17, 15) is 48.0 Å². The second-order valence-corrected chi connectivity index (χ2v) is 33.0. The Labute approximate surface area is 803 Å². The smallest absolute Gasteiger partial charge is 0.463 e. The topological polar surface area (TPSA) is 479 Å². The van der Waals surface area contributed by atoms with Crippen LogP contribution < -0.4 is 0 Å². The molecule has 10 aromatic carbocycles. The Morgan fingerprint density at radius 3 is 0.716 bits per heavy atom. The van der Waals surface area contributed by atoms with Crippen LogP contribution in [0.5, 0.6) is 0 Å². The van der Waals surface area contributed by atoms with Gasteiger partial charge < -0.3 is 99.6 Å². The molecule has 4 aliphatic rings. The molecule has 21 atom stereocenters. The number of hydrogen-bond donors (Lipinski definition) is 1. The van der Waals surface area contributed by atoms with Crippen molar-refractivity contribution in [2.45, 2.75) is 151 Å². The molecule has 10 aromatic rings. The van der Waals surface area contributed by atoms with Crippen molar-refractivity contribution in [2.24, 2.45) is 0 Å². The highest BCUT2D eigenvalue weighted by Gasteiger charge is 2.62. The molecule has 0 aliphatic carbocycles. The van der Waals surface area contributed by atoms with Crippen molar-refractivity contribution in [1.29, 1.82) is 0 Å². The lowest BCUT2D eigenvalue weighted by Crippen LogP contribution is -2.67. The fourth-order valence-electron chi connectivity index (χ4n) is 15.2. The zero-order valence-corrected chi connectivity index (χ0v) is 76.1. The van der Waals surface area contributed by atoms with Crippen LogP contribution in [-0.4, -0.2) is 238 Å². The number of hydrogen-bond acceptors (Lipinski definition) is 37. The second-order valence-electron chi connectivity index (χ2n) is 31.6. The SMILES string of the molecule is CC(=O)OC[C@H]1O[C@H](OP(=O)(O)OC[C@H]2O[C@@H](O[C@H]3[C@H](OC(=O)c4ccccc4)[C@H](OC(=O)c4ccccc4)[C@@H](OC(C)=O)O[C@@H]3COC(=O)c3ccccc3)[C@H](OC(=O)c3ccccc3)[C@@H](OC(=O)c3ccccc3)[C@H]2OC(=O)c2ccccc2)[C@@H](O[C@H]2O[C@H](COC(=O)c3ccccc3)[C@@H](OC(=O)c3ccccc3)[C@H](OC(=O)c3ccccc3)[C@@H]2OC(=O)c2ccccc2)[C@@H](OC(C)=O)[C@@H]1OC(C)=O. The van der Waals surface area contributed by atoms with E-state index in [4.69, 9.17) is 104 Å². The number of esters is 14. The van der Waals surface area contributed by atoms with Gasteiger partial charge in [0, 0.05) is 27.7 Å². The summed E-state index contributed by atoms with van der Waals surface area (Å²) >= 11 is 0. The van der Waals surface area contributed by atoms with Crippen LogP contribution in [0.3, 0.4) is 0 Å². The maximum Gasteiger partial charge on any atom is 0.474 e. The van der Waals surface area contributed by atoms with Crippen LogP contribution in [0.1, 0.15) is 131 Å². The van der Waals surface area contributed by atoms with Crippen molar-refractivity contribution >= 4 is 91.4 Å². The first kappa shape index (κ1) is 102. The first-order valence-electron chi connectivity index (χ1n) is 43.8. The monoisotopic (exact) mass is 1950 g/mol. The third kappa shape index (κ3) is 27.2. The van der Waals surface area contributed by atoms with Crippen LogP contribution in [0, 0.1) is 0 Å². The molecule has 0 amide bonds. The molecule has 0 spiro atoms. The van der Waals surface area contributed by atoms with Crippen LogP contribution in [0.4, 0.5) is 0 Å². The predicted octanol–water partition coefficient (Wildman–Crippen LogP) is 11.3. The molecule has 732 valence electrons. The van der Waals surface area contributed by atoms with Gasteiger partial charge >= 0.3 is 91.4 Å². The average molecular weight is 1960 g/mol. The molecule has 1 N–H and O–H groups in total. The zero-order chi connectivity index (χ0) is 99.6. The summed E-state index contributed by atoms with van der Waals surface area (Å²) in [6.45, 7) is -0.992. The lowest BCUT2D eigenvalue weighted by atomic mass is 9.95. The van der Waals surface area contributed by atoms with Crippen LogP contribution in [0.15, 0.2) is 303 Å². The molecule has 4 saturated heterocycles. The Kier molecular flexibility index (Phi) is 34.8. The standard InChI is InChI=1S/C102H91O38P/c1-59(103)119-55-73-77(123-60(2)104)81(124-61(3)105)88(139-101-87(137-98(116)72-53-33-14-34-54-72)82(132-93(111)67-43-23-9-24-44-67)78(130-91(109)65-39-19-7-20-40-65)74(127-101)56-120-89(107)63-35-15-5-16-36-63)102(129-73)140-141(117,118)122-58-76-79(131-92(110)66-41-21-8-22-42-66)83(133-94(112)68-45-25-10-26-46-68)86(136-97(115)71-51-31-13-32-52-71)100(128-76)138-80-75(57-121-90(108)64-37-17-6-18-38-64)126-99(125-62(4)106)85(135-96(114)70-49-29-12-30-50-70)84(80)134-95(113)69-47-27-11-28-48-69/h5-54,73-88,99-102H,55-58H2,1-4H3,(H,117,118)/t73-,74-,75-,76-,77-,78-,79+,80-,81+,82+,83+,84+,85+,86-,87+,88+,99+,100+,101-,102-/m1/s1. The number of carbonyl (C=O) groups excluding carboxylic acids is 14. The minimum absolute atomic E-state index is 0.0392. The van der Waals surface area contributed by atoms with Crippen molar-refractivity contribution in [3.05, 3.63) is 359 Å². The minimum atomic E-state index is -6.42. The molecule has 0 bridgehead atoms. The first-order valence-corrected chi connectivity index (χ1v) is 45.3. The highest BCUT2D eigenvalue weighted by atomic mass is 31.2. The van der Waals surface area contributed by atoms with Gasteiger partial charge in [-0.3, -0.25) is 28.2 Å². The molecule has 0 radical (unpaired) electrons. The molecule has 0 aromatic heterocycles. The molecule has 4 heterocycles. The number of phosphoric acid groups is 1. The molecule has 14 rings (SSSR count). The van der Waals surface area contributed by atoms with Gasteiger partial charge in [0.15, 0.2) is 79.9 Å². The van der Waals surface area contributed by atoms with Gasteiger partial charge in [-0.15, -0.1) is 0 Å². The lowest BCUT2D eigenvalue weighted by molar-refractivity contribution is -0.358. The Balaban J connectivity index is 0.922. The average Bonchev–Trinajstić information content (AvgIpc) is 0.759. The highest BCUT2D eigenvalue weighted by Crippen LogP contribution is 2.50. The third-order valence-electron chi connectivity index (χ3n) is 21.7. The van der Waals surface area contributed by atoms with E-state index in [0.717, 1.165) is 27.7 Å². The zero-order valence-electron chi connectivity index (χ0n) is 75.2. The fraction of sp³-hybridized carbons (Fsp3) is 0.275. The summed E-state index contributed by atoms with van der Waals surface area (Å²) in [5, 5.41) is 0. The Morgan fingerprint density at radius 1 is 0.220 bits per heavy atom. The maximum atomic E-state index is 16.1. The van der Waals surface area contributed by atoms with Crippen molar-refractivity contribution in [3.63, 3.8) is 0 Å². The number of phosphoric ester groups is 1. The highest BCUT2D eigenvalue weighted by molar-refractivity contribution is 7.47. The maximum absolute atomic E-state index is 16.1. The predicted molar refractivity (Wildman–Crippen MR) is 479 cm³/mol. The Bertz CT molecular complexity index is 6040. The van der Waals surface area contributed by atoms with Gasteiger partial charge in [-0.2, -0.15) is 0 Å². The minimum Gasteiger partial charge on any atom is -0.463 e. The van der Waals surface area contributed by atoms with E-state index in [-0.39, 0.29) is 55.6 Å². The largest absolute Gasteiger partial charge is 0.474 e. The summed E-state index contributed by atoms with van der Waals surface area (Å²) in [7, 11) is -6.42. The molecule has 0 saturated carbocycles. The summed E-state index contributed by atoms with van der Waals surface area (Å²) < 4.78 is 154. The van der Waals surface area contributed by atoms with Gasteiger partial charge in [0.05, 0.1) is 62.2 Å². The normalized spacial score (nSPS) is 24.4. The van der Waals surface area contributed by atoms with Gasteiger partial charge in [-0.1, -0.05) is 182 Å². The van der Waals surface area contributed by atoms with E-state index < -0.39 is 241 Å². The van der Waals surface area contributed by atoms with Gasteiger partial charge in [0.2, 0.25) is 12.4 Å². The van der Waals surface area contributed by atoms with Crippen LogP contribution in [-0.2, 0) is 128 Å². The van der Waals surface area contributed by atoms with Crippen molar-refractivity contribution in [2.75, 3.05) is 26.4 Å². The molecule has 38 nitrogen and oxygen atoms in total. The summed E-state index contributed by atoms with van der Waals surface area (Å²) in [6.07, 6.45) is -46.1. The summed E-state index contributed by atoms with van der Waals surface area (Å²) in [4.78, 5) is 216. The van der Waals surface area contributed by atoms with E-state index in [1.165, 1.54) is 261 Å². The summed E-state index contributed by atoms with van der Waals surface area (Å²) in [5.41, 5.74) is -1.64. The molecule has 141 heavy (non-hydrogen) atoms. The van der Waals surface area contributed by atoms with Gasteiger partial charge in [-0.25, -0.2) is 52.5 Å². The quantitative estimate of drug-likeness (QED) is 0.0216. The van der Waals surface area contributed by atoms with E-state index in [1.807, 2.05) is 0 Å². The lowest BCUT2D eigenvalue weighted by Gasteiger charge is -2.49. The Hall–Kier alpha value is -15.4. The van der Waals surface area contributed by atoms with Crippen molar-refractivity contribution in [3.8, 4) is 0 Å². The summed E-state index contributed by atoms with van der Waals surface area (Å²) in [6, 6.07) is 71.4. The molecular formula is C102H91O38P. The molecular weight excluding hydrogens is 1860 g/mol. The number of ether oxygens (including phenoxy) is 20. The van der Waals surface area contributed by atoms with E-state index >= 15 is 28.5 Å². The first-order chi connectivity index (χ1) is 68.1. The molecule has 1 unspecified atom stereocenters. The van der Waals surface area contributed by atoms with Crippen LogP contribution >= 0.6 is 7.82 Å². The van der Waals surface area contributed by atoms with Gasteiger partial charge in [-0.05, 0) is 121 Å². The molecule has 4 aliphatic heterocycles.